The van der Waals surface area contributed by atoms with Gasteiger partial charge in [0.1, 0.15) is 5.75 Å². The summed E-state index contributed by atoms with van der Waals surface area (Å²) in [5, 5.41) is 22.4. The van der Waals surface area contributed by atoms with Crippen LogP contribution in [-0.4, -0.2) is 110 Å². The van der Waals surface area contributed by atoms with Gasteiger partial charge >= 0.3 is 13.1 Å². The molecule has 1 unspecified atom stereocenters. The smallest absolute Gasteiger partial charge is 0.534 e. The zero-order chi connectivity index (χ0) is 21.0. The molecule has 0 radical (unpaired) electrons. The van der Waals surface area contributed by atoms with E-state index in [9.17, 15) is 19.7 Å². The first-order chi connectivity index (χ1) is 13.8. The molecule has 0 spiro atoms. The van der Waals surface area contributed by atoms with Crippen LogP contribution in [0.1, 0.15) is 15.9 Å². The highest BCUT2D eigenvalue weighted by atomic mass is 16.5. The largest absolute Gasteiger partial charge is 0.547 e. The van der Waals surface area contributed by atoms with Gasteiger partial charge < -0.3 is 25.0 Å². The normalized spacial score (nSPS) is 20.3. The van der Waals surface area contributed by atoms with Crippen molar-refractivity contribution in [1.82, 2.24) is 20.0 Å². The van der Waals surface area contributed by atoms with Gasteiger partial charge in [-0.2, -0.15) is 0 Å². The Hall–Kier alpha value is -2.14. The molecule has 0 saturated carbocycles. The van der Waals surface area contributed by atoms with Gasteiger partial charge in [0, 0.05) is 39.3 Å². The minimum absolute atomic E-state index is 0.0125. The number of piperazine rings is 1. The SMILES string of the molecule is CN(C)CCN1CCN(CC(=O)NC2Cc3cccc(C(=O)O)c3OB2O)CC1. The number of aromatic carboxylic acids is 1. The van der Waals surface area contributed by atoms with E-state index in [0.29, 0.717) is 12.0 Å². The molecule has 2 aliphatic rings. The molecule has 1 atom stereocenters. The van der Waals surface area contributed by atoms with E-state index in [2.05, 4.69) is 34.1 Å². The molecule has 1 aromatic rings. The number of fused-ring (bicyclic) bond motifs is 1. The third-order valence-corrected chi connectivity index (χ3v) is 5.39. The van der Waals surface area contributed by atoms with E-state index in [4.69, 9.17) is 4.65 Å². The van der Waals surface area contributed by atoms with Gasteiger partial charge in [-0.15, -0.1) is 0 Å². The quantitative estimate of drug-likeness (QED) is 0.498. The molecule has 1 saturated heterocycles. The van der Waals surface area contributed by atoms with E-state index >= 15 is 0 Å². The third kappa shape index (κ3) is 5.69. The lowest BCUT2D eigenvalue weighted by Crippen LogP contribution is -2.56. The number of likely N-dealkylation sites (N-methyl/N-ethyl adjacent to an activating group) is 1. The summed E-state index contributed by atoms with van der Waals surface area (Å²) in [6.07, 6.45) is 0.321. The van der Waals surface area contributed by atoms with Gasteiger partial charge in [-0.05, 0) is 32.1 Å². The summed E-state index contributed by atoms with van der Waals surface area (Å²) in [5.41, 5.74) is 0.675. The van der Waals surface area contributed by atoms with Crippen molar-refractivity contribution in [2.75, 3.05) is 59.9 Å². The maximum atomic E-state index is 12.5. The molecule has 1 fully saturated rings. The van der Waals surface area contributed by atoms with Crippen LogP contribution >= 0.6 is 0 Å². The van der Waals surface area contributed by atoms with Crippen molar-refractivity contribution in [1.29, 1.82) is 0 Å². The highest BCUT2D eigenvalue weighted by Gasteiger charge is 2.37. The van der Waals surface area contributed by atoms with E-state index in [1.807, 2.05) is 0 Å². The molecule has 1 amide bonds. The zero-order valence-electron chi connectivity index (χ0n) is 17.0. The molecular formula is C19H29BN4O5. The van der Waals surface area contributed by atoms with Gasteiger partial charge in [-0.1, -0.05) is 12.1 Å². The summed E-state index contributed by atoms with van der Waals surface area (Å²) in [4.78, 5) is 30.4. The number of nitrogens with zero attached hydrogens (tertiary/aromatic N) is 3. The molecule has 2 aliphatic heterocycles. The number of para-hydroxylation sites is 1. The Morgan fingerprint density at radius 2 is 1.93 bits per heavy atom. The highest BCUT2D eigenvalue weighted by molar-refractivity contribution is 6.47. The number of carbonyl (C=O) groups is 2. The van der Waals surface area contributed by atoms with E-state index in [1.165, 1.54) is 6.07 Å². The van der Waals surface area contributed by atoms with Gasteiger partial charge in [0.25, 0.3) is 0 Å². The Balaban J connectivity index is 1.49. The predicted octanol–water partition coefficient (Wildman–Crippen LogP) is -0.997. The van der Waals surface area contributed by atoms with Crippen LogP contribution in [0.25, 0.3) is 0 Å². The highest BCUT2D eigenvalue weighted by Crippen LogP contribution is 2.30. The Kier molecular flexibility index (Phi) is 7.12. The minimum Gasteiger partial charge on any atom is -0.534 e. The average molecular weight is 404 g/mol. The molecule has 0 aromatic heterocycles. The van der Waals surface area contributed by atoms with Crippen molar-refractivity contribution in [3.8, 4) is 5.75 Å². The first-order valence-corrected chi connectivity index (χ1v) is 9.92. The summed E-state index contributed by atoms with van der Waals surface area (Å²) in [5.74, 6) is -1.72. The van der Waals surface area contributed by atoms with E-state index in [0.717, 1.165) is 39.3 Å². The standard InChI is InChI=1S/C19H29BN4O5/c1-22(2)6-7-23-8-10-24(11-9-23)13-17(25)21-16-12-14-4-3-5-15(19(26)27)18(14)29-20(16)28/h3-5,16,28H,6-13H2,1-2H3,(H,21,25)(H,26,27). The maximum absolute atomic E-state index is 12.5. The lowest BCUT2D eigenvalue weighted by Gasteiger charge is -2.35. The topological polar surface area (TPSA) is 106 Å². The monoisotopic (exact) mass is 404 g/mol. The van der Waals surface area contributed by atoms with Crippen LogP contribution in [0.3, 0.4) is 0 Å². The molecule has 158 valence electrons. The second kappa shape index (κ2) is 9.58. The Morgan fingerprint density at radius 1 is 1.24 bits per heavy atom. The summed E-state index contributed by atoms with van der Waals surface area (Å²) >= 11 is 0. The molecule has 3 N–H and O–H groups in total. The fourth-order valence-corrected chi connectivity index (χ4v) is 3.68. The van der Waals surface area contributed by atoms with Crippen molar-refractivity contribution in [2.45, 2.75) is 12.4 Å². The Labute approximate surface area is 171 Å². The van der Waals surface area contributed by atoms with Crippen molar-refractivity contribution in [3.63, 3.8) is 0 Å². The molecule has 9 nitrogen and oxygen atoms in total. The van der Waals surface area contributed by atoms with Gasteiger partial charge in [-0.25, -0.2) is 4.79 Å². The molecule has 1 aromatic carbocycles. The van der Waals surface area contributed by atoms with Gasteiger partial charge in [0.15, 0.2) is 0 Å². The van der Waals surface area contributed by atoms with Gasteiger partial charge in [0.2, 0.25) is 5.91 Å². The van der Waals surface area contributed by atoms with E-state index in [1.54, 1.807) is 12.1 Å². The molecule has 2 heterocycles. The fraction of sp³-hybridized carbons (Fsp3) is 0.579. The number of hydrogen-bond donors (Lipinski definition) is 3. The lowest BCUT2D eigenvalue weighted by atomic mass is 9.72. The summed E-state index contributed by atoms with van der Waals surface area (Å²) in [6.45, 7) is 5.84. The van der Waals surface area contributed by atoms with Crippen LogP contribution in [0.4, 0.5) is 0 Å². The number of hydrogen-bond acceptors (Lipinski definition) is 7. The number of amides is 1. The lowest BCUT2D eigenvalue weighted by molar-refractivity contribution is -0.123. The van der Waals surface area contributed by atoms with Crippen LogP contribution in [0.15, 0.2) is 18.2 Å². The van der Waals surface area contributed by atoms with E-state index < -0.39 is 19.0 Å². The summed E-state index contributed by atoms with van der Waals surface area (Å²) in [7, 11) is 2.84. The summed E-state index contributed by atoms with van der Waals surface area (Å²) in [6, 6.07) is 4.82. The second-order valence-corrected chi connectivity index (χ2v) is 7.91. The number of carboxylic acids is 1. The predicted molar refractivity (Wildman–Crippen MR) is 109 cm³/mol. The summed E-state index contributed by atoms with van der Waals surface area (Å²) < 4.78 is 5.42. The minimum atomic E-state index is -1.28. The van der Waals surface area contributed by atoms with Crippen molar-refractivity contribution >= 4 is 19.0 Å². The van der Waals surface area contributed by atoms with Gasteiger partial charge in [-0.3, -0.25) is 14.6 Å². The molecule has 29 heavy (non-hydrogen) atoms. The number of carbonyl (C=O) groups excluding carboxylic acids is 1. The number of rotatable bonds is 7. The fourth-order valence-electron chi connectivity index (χ4n) is 3.68. The maximum Gasteiger partial charge on any atom is 0.547 e. The zero-order valence-corrected chi connectivity index (χ0v) is 17.0. The Morgan fingerprint density at radius 3 is 2.59 bits per heavy atom. The van der Waals surface area contributed by atoms with Crippen LogP contribution in [0, 0.1) is 0 Å². The first kappa shape index (κ1) is 21.6. The average Bonchev–Trinajstić information content (AvgIpc) is 2.67. The number of carboxylic acid groups (broad SMARTS) is 1. The van der Waals surface area contributed by atoms with Crippen LogP contribution < -0.4 is 9.97 Å². The molecule has 3 rings (SSSR count). The number of benzene rings is 1. The number of nitrogens with one attached hydrogen (secondary N) is 1. The van der Waals surface area contributed by atoms with Crippen molar-refractivity contribution in [3.05, 3.63) is 29.3 Å². The molecular weight excluding hydrogens is 375 g/mol. The van der Waals surface area contributed by atoms with Gasteiger partial charge in [0.05, 0.1) is 18.0 Å². The molecule has 10 heteroatoms. The van der Waals surface area contributed by atoms with Crippen LogP contribution in [-0.2, 0) is 11.2 Å². The van der Waals surface area contributed by atoms with Crippen LogP contribution in [0.5, 0.6) is 5.75 Å². The molecule has 0 aliphatic carbocycles. The molecule has 0 bridgehead atoms. The second-order valence-electron chi connectivity index (χ2n) is 7.91. The van der Waals surface area contributed by atoms with Crippen molar-refractivity contribution in [2.24, 2.45) is 0 Å². The Bertz CT molecular complexity index is 739. The van der Waals surface area contributed by atoms with Crippen molar-refractivity contribution < 1.29 is 24.4 Å². The van der Waals surface area contributed by atoms with Crippen LogP contribution in [0.2, 0.25) is 0 Å². The third-order valence-electron chi connectivity index (χ3n) is 5.39. The first-order valence-electron chi connectivity index (χ1n) is 9.92. The van der Waals surface area contributed by atoms with E-state index in [-0.39, 0.29) is 23.8 Å².